The molecule has 0 saturated carbocycles. The Morgan fingerprint density at radius 1 is 0.600 bits per heavy atom. The summed E-state index contributed by atoms with van der Waals surface area (Å²) in [5.41, 5.74) is 0.0524. The zero-order valence-electron chi connectivity index (χ0n) is 15.2. The SMILES string of the molecule is C=Cc1ccc(-c2cc(F)c(-c3ccc4c(F)c(F)c(F)cc4c3)c(F)c2)c(F)c1. The van der Waals surface area contributed by atoms with Crippen LogP contribution in [0.3, 0.4) is 0 Å². The summed E-state index contributed by atoms with van der Waals surface area (Å²) in [7, 11) is 0. The standard InChI is InChI=1S/C24H12F6/c1-2-12-3-5-16(18(25)7-12)15-9-19(26)22(20(27)10-15)13-4-6-17-14(8-13)11-21(28)24(30)23(17)29/h2-11H,1H2. The molecular formula is C24H12F6. The predicted octanol–water partition coefficient (Wildman–Crippen LogP) is 7.65. The molecule has 0 aliphatic rings. The van der Waals surface area contributed by atoms with E-state index in [1.807, 2.05) is 0 Å². The Hall–Kier alpha value is -3.54. The third kappa shape index (κ3) is 3.24. The van der Waals surface area contributed by atoms with Gasteiger partial charge in [-0.1, -0.05) is 36.9 Å². The summed E-state index contributed by atoms with van der Waals surface area (Å²) < 4.78 is 84.7. The number of halogens is 6. The second kappa shape index (κ2) is 7.37. The van der Waals surface area contributed by atoms with Crippen molar-refractivity contribution in [2.45, 2.75) is 0 Å². The van der Waals surface area contributed by atoms with Gasteiger partial charge >= 0.3 is 0 Å². The molecule has 4 rings (SSSR count). The fourth-order valence-corrected chi connectivity index (χ4v) is 3.36. The van der Waals surface area contributed by atoms with Crippen LogP contribution in [0, 0.1) is 34.9 Å². The highest BCUT2D eigenvalue weighted by Gasteiger charge is 2.18. The molecule has 150 valence electrons. The smallest absolute Gasteiger partial charge is 0.195 e. The molecule has 0 N–H and O–H groups in total. The molecule has 0 spiro atoms. The second-order valence-corrected chi connectivity index (χ2v) is 6.68. The first-order valence-electron chi connectivity index (χ1n) is 8.79. The maximum absolute atomic E-state index is 14.8. The van der Waals surface area contributed by atoms with Crippen LogP contribution in [0.4, 0.5) is 26.3 Å². The number of benzene rings is 4. The molecule has 0 aromatic heterocycles. The van der Waals surface area contributed by atoms with E-state index in [2.05, 4.69) is 6.58 Å². The number of fused-ring (bicyclic) bond motifs is 1. The maximum atomic E-state index is 14.8. The Balaban J connectivity index is 1.85. The topological polar surface area (TPSA) is 0 Å². The normalized spacial score (nSPS) is 11.1. The Bertz CT molecular complexity index is 1300. The highest BCUT2D eigenvalue weighted by molar-refractivity contribution is 5.88. The highest BCUT2D eigenvalue weighted by Crippen LogP contribution is 2.34. The molecular weight excluding hydrogens is 402 g/mol. The number of hydrogen-bond acceptors (Lipinski definition) is 0. The quantitative estimate of drug-likeness (QED) is 0.239. The Kier molecular flexibility index (Phi) is 4.86. The van der Waals surface area contributed by atoms with E-state index in [4.69, 9.17) is 0 Å². The van der Waals surface area contributed by atoms with Gasteiger partial charge < -0.3 is 0 Å². The van der Waals surface area contributed by atoms with Crippen LogP contribution in [-0.2, 0) is 0 Å². The van der Waals surface area contributed by atoms with Gasteiger partial charge in [-0.25, -0.2) is 26.3 Å². The van der Waals surface area contributed by atoms with Crippen molar-refractivity contribution >= 4 is 16.8 Å². The minimum absolute atomic E-state index is 0.00284. The first-order chi connectivity index (χ1) is 14.3. The summed E-state index contributed by atoms with van der Waals surface area (Å²) in [5, 5.41) is -0.280. The van der Waals surface area contributed by atoms with Crippen molar-refractivity contribution in [2.24, 2.45) is 0 Å². The minimum atomic E-state index is -1.62. The molecule has 6 heteroatoms. The van der Waals surface area contributed by atoms with Crippen LogP contribution in [0.2, 0.25) is 0 Å². The van der Waals surface area contributed by atoms with Crippen molar-refractivity contribution in [2.75, 3.05) is 0 Å². The van der Waals surface area contributed by atoms with Gasteiger partial charge in [0.1, 0.15) is 17.5 Å². The average molecular weight is 414 g/mol. The maximum Gasteiger partial charge on any atom is 0.195 e. The summed E-state index contributed by atoms with van der Waals surface area (Å²) in [6, 6.07) is 10.3. The lowest BCUT2D eigenvalue weighted by Gasteiger charge is -2.11. The van der Waals surface area contributed by atoms with E-state index >= 15 is 0 Å². The van der Waals surface area contributed by atoms with Crippen molar-refractivity contribution in [3.05, 3.63) is 102 Å². The zero-order valence-corrected chi connectivity index (χ0v) is 15.2. The van der Waals surface area contributed by atoms with Gasteiger partial charge in [0.05, 0.1) is 5.56 Å². The lowest BCUT2D eigenvalue weighted by Crippen LogP contribution is -1.96. The summed E-state index contributed by atoms with van der Waals surface area (Å²) in [6.45, 7) is 3.53. The Morgan fingerprint density at radius 3 is 1.93 bits per heavy atom. The van der Waals surface area contributed by atoms with E-state index in [1.54, 1.807) is 6.07 Å². The van der Waals surface area contributed by atoms with E-state index in [-0.39, 0.29) is 27.5 Å². The predicted molar refractivity (Wildman–Crippen MR) is 105 cm³/mol. The van der Waals surface area contributed by atoms with Crippen LogP contribution < -0.4 is 0 Å². The van der Waals surface area contributed by atoms with Gasteiger partial charge in [-0.3, -0.25) is 0 Å². The van der Waals surface area contributed by atoms with Crippen molar-refractivity contribution < 1.29 is 26.3 Å². The van der Waals surface area contributed by atoms with Gasteiger partial charge in [0.25, 0.3) is 0 Å². The van der Waals surface area contributed by atoms with Crippen molar-refractivity contribution in [1.29, 1.82) is 0 Å². The Labute approximate surface area is 167 Å². The molecule has 0 saturated heterocycles. The molecule has 4 aromatic rings. The largest absolute Gasteiger partial charge is 0.206 e. The third-order valence-corrected chi connectivity index (χ3v) is 4.84. The van der Waals surface area contributed by atoms with Crippen LogP contribution in [0.15, 0.2) is 61.2 Å². The zero-order chi connectivity index (χ0) is 21.6. The van der Waals surface area contributed by atoms with Gasteiger partial charge in [0, 0.05) is 10.9 Å². The summed E-state index contributed by atoms with van der Waals surface area (Å²) >= 11 is 0. The summed E-state index contributed by atoms with van der Waals surface area (Å²) in [5.74, 6) is -7.06. The lowest BCUT2D eigenvalue weighted by molar-refractivity contribution is 0.453. The summed E-state index contributed by atoms with van der Waals surface area (Å²) in [4.78, 5) is 0. The molecule has 0 fully saturated rings. The van der Waals surface area contributed by atoms with E-state index < -0.39 is 40.5 Å². The van der Waals surface area contributed by atoms with Crippen LogP contribution >= 0.6 is 0 Å². The molecule has 0 heterocycles. The molecule has 4 aromatic carbocycles. The van der Waals surface area contributed by atoms with Crippen molar-refractivity contribution in [1.82, 2.24) is 0 Å². The molecule has 0 nitrogen and oxygen atoms in total. The lowest BCUT2D eigenvalue weighted by atomic mass is 9.96. The molecule has 0 unspecified atom stereocenters. The first-order valence-corrected chi connectivity index (χ1v) is 8.79. The fourth-order valence-electron chi connectivity index (χ4n) is 3.36. The van der Waals surface area contributed by atoms with E-state index in [0.717, 1.165) is 30.3 Å². The second-order valence-electron chi connectivity index (χ2n) is 6.68. The minimum Gasteiger partial charge on any atom is -0.206 e. The van der Waals surface area contributed by atoms with E-state index in [1.165, 1.54) is 24.3 Å². The molecule has 0 radical (unpaired) electrons. The van der Waals surface area contributed by atoms with Gasteiger partial charge in [-0.15, -0.1) is 0 Å². The van der Waals surface area contributed by atoms with E-state index in [9.17, 15) is 26.3 Å². The first kappa shape index (κ1) is 19.8. The third-order valence-electron chi connectivity index (χ3n) is 4.84. The van der Waals surface area contributed by atoms with Crippen LogP contribution in [0.25, 0.3) is 39.1 Å². The van der Waals surface area contributed by atoms with Gasteiger partial charge in [0.2, 0.25) is 0 Å². The van der Waals surface area contributed by atoms with Gasteiger partial charge in [-0.05, 0) is 52.4 Å². The van der Waals surface area contributed by atoms with Crippen LogP contribution in [0.1, 0.15) is 5.56 Å². The molecule has 0 aliphatic carbocycles. The molecule has 0 atom stereocenters. The highest BCUT2D eigenvalue weighted by atomic mass is 19.2. The van der Waals surface area contributed by atoms with E-state index in [0.29, 0.717) is 5.56 Å². The Morgan fingerprint density at radius 2 is 1.30 bits per heavy atom. The number of rotatable bonds is 3. The van der Waals surface area contributed by atoms with Gasteiger partial charge in [-0.2, -0.15) is 0 Å². The van der Waals surface area contributed by atoms with Crippen molar-refractivity contribution in [3.63, 3.8) is 0 Å². The monoisotopic (exact) mass is 414 g/mol. The number of hydrogen-bond donors (Lipinski definition) is 0. The fraction of sp³-hybridized carbons (Fsp3) is 0. The molecule has 30 heavy (non-hydrogen) atoms. The van der Waals surface area contributed by atoms with Crippen LogP contribution in [-0.4, -0.2) is 0 Å². The average Bonchev–Trinajstić information content (AvgIpc) is 2.71. The molecule has 0 amide bonds. The molecule has 0 aliphatic heterocycles. The van der Waals surface area contributed by atoms with Crippen molar-refractivity contribution in [3.8, 4) is 22.3 Å². The summed E-state index contributed by atoms with van der Waals surface area (Å²) in [6.07, 6.45) is 1.44. The molecule has 0 bridgehead atoms. The van der Waals surface area contributed by atoms with Crippen LogP contribution in [0.5, 0.6) is 0 Å². The van der Waals surface area contributed by atoms with Gasteiger partial charge in [0.15, 0.2) is 17.5 Å².